The molecule has 0 spiro atoms. The number of alkyl halides is 4. The number of ketones is 5. The van der Waals surface area contributed by atoms with E-state index in [1.807, 2.05) is 32.9 Å². The lowest BCUT2D eigenvalue weighted by molar-refractivity contribution is -0.228. The molecule has 26 atom stereocenters. The molecule has 600 valence electrons. The molecule has 14 rings (SSSR count). The van der Waals surface area contributed by atoms with Crippen LogP contribution in [-0.2, 0) is 76.4 Å². The van der Waals surface area contributed by atoms with Gasteiger partial charge in [0.15, 0.2) is 59.3 Å². The van der Waals surface area contributed by atoms with Crippen LogP contribution in [0.15, 0.2) is 71.4 Å². The van der Waals surface area contributed by atoms with Crippen molar-refractivity contribution in [3.63, 3.8) is 0 Å². The Morgan fingerprint density at radius 2 is 1.17 bits per heavy atom. The third kappa shape index (κ3) is 12.3. The molecule has 0 radical (unpaired) electrons. The third-order valence-electron chi connectivity index (χ3n) is 30.6. The number of allylic oxidation sites excluding steroid dienone is 12. The zero-order valence-electron chi connectivity index (χ0n) is 65.4. The second-order valence-electron chi connectivity index (χ2n) is 35.9. The zero-order chi connectivity index (χ0) is 79.7. The summed E-state index contributed by atoms with van der Waals surface area (Å²) in [4.78, 5) is 126. The van der Waals surface area contributed by atoms with Gasteiger partial charge in [0.1, 0.15) is 12.2 Å². The summed E-state index contributed by atoms with van der Waals surface area (Å²) in [6, 6.07) is -1.02. The number of carbonyl (C=O) groups is 10. The van der Waals surface area contributed by atoms with Crippen LogP contribution in [0.1, 0.15) is 212 Å². The topological polar surface area (TPSA) is 287 Å². The molecule has 0 aromatic rings. The van der Waals surface area contributed by atoms with E-state index in [1.165, 1.54) is 31.6 Å². The second-order valence-corrected chi connectivity index (χ2v) is 37.4. The van der Waals surface area contributed by atoms with E-state index in [4.69, 9.17) is 40.0 Å². The number of aliphatic hydroxyl groups excluding tert-OH is 3. The Kier molecular flexibility index (Phi) is 22.7. The first-order valence-electron chi connectivity index (χ1n) is 39.9. The minimum Gasteiger partial charge on any atom is -0.457 e. The van der Waals surface area contributed by atoms with Crippen molar-refractivity contribution < 1.29 is 105 Å². The molecule has 1 aliphatic heterocycles. The molecular formula is C85H112ClF3O19S. The minimum absolute atomic E-state index is 0.0141. The molecule has 0 amide bonds. The van der Waals surface area contributed by atoms with Crippen LogP contribution in [0.25, 0.3) is 0 Å². The van der Waals surface area contributed by atoms with Gasteiger partial charge in [-0.2, -0.15) is 0 Å². The van der Waals surface area contributed by atoms with Crippen molar-refractivity contribution in [2.75, 3.05) is 19.2 Å². The molecule has 13 aliphatic carbocycles. The van der Waals surface area contributed by atoms with Crippen molar-refractivity contribution in [3.8, 4) is 0 Å². The van der Waals surface area contributed by atoms with E-state index >= 15 is 8.78 Å². The number of carbonyl (C=O) groups excluding carboxylic acids is 10. The van der Waals surface area contributed by atoms with Crippen LogP contribution < -0.4 is 0 Å². The van der Waals surface area contributed by atoms with E-state index < -0.39 is 162 Å². The van der Waals surface area contributed by atoms with Crippen LogP contribution in [0.3, 0.4) is 0 Å². The van der Waals surface area contributed by atoms with Gasteiger partial charge in [0, 0.05) is 81.3 Å². The fourth-order valence-corrected chi connectivity index (χ4v) is 26.6. The normalized spacial score (nSPS) is 45.2. The average molecular weight is 1560 g/mol. The van der Waals surface area contributed by atoms with Crippen LogP contribution in [-0.4, -0.2) is 157 Å². The summed E-state index contributed by atoms with van der Waals surface area (Å²) in [5, 5.41) is 34.4. The Morgan fingerprint density at radius 1 is 0.624 bits per heavy atom. The first-order chi connectivity index (χ1) is 51.1. The van der Waals surface area contributed by atoms with Crippen molar-refractivity contribution >= 4 is 81.3 Å². The van der Waals surface area contributed by atoms with Gasteiger partial charge in [0.25, 0.3) is 0 Å². The number of ether oxygens (including phenoxy) is 6. The number of halogens is 4. The summed E-state index contributed by atoms with van der Waals surface area (Å²) in [6.07, 6.45) is 18.5. The van der Waals surface area contributed by atoms with Crippen molar-refractivity contribution in [2.24, 2.45) is 97.6 Å². The lowest BCUT2D eigenvalue weighted by Gasteiger charge is -2.64. The molecule has 11 fully saturated rings. The molecule has 19 nitrogen and oxygen atoms in total. The number of hydrogen-bond acceptors (Lipinski definition) is 20. The molecule has 0 aromatic heterocycles. The summed E-state index contributed by atoms with van der Waals surface area (Å²) in [7, 11) is 0. The molecule has 0 bridgehead atoms. The van der Waals surface area contributed by atoms with E-state index in [0.717, 1.165) is 55.7 Å². The van der Waals surface area contributed by atoms with Gasteiger partial charge < -0.3 is 43.7 Å². The zero-order valence-corrected chi connectivity index (χ0v) is 66.9. The lowest BCUT2D eigenvalue weighted by Crippen LogP contribution is -2.70. The number of esters is 4. The molecule has 14 aliphatic rings. The van der Waals surface area contributed by atoms with Gasteiger partial charge in [-0.3, -0.25) is 47.9 Å². The summed E-state index contributed by atoms with van der Waals surface area (Å²) >= 11 is 7.87. The van der Waals surface area contributed by atoms with Gasteiger partial charge in [-0.1, -0.05) is 132 Å². The predicted molar refractivity (Wildman–Crippen MR) is 397 cm³/mol. The van der Waals surface area contributed by atoms with Crippen molar-refractivity contribution in [1.29, 1.82) is 0 Å². The lowest BCUT2D eigenvalue weighted by atomic mass is 9.44. The average Bonchev–Trinajstić information content (AvgIpc) is 1.60. The largest absolute Gasteiger partial charge is 0.457 e. The highest BCUT2D eigenvalue weighted by atomic mass is 35.5. The highest BCUT2D eigenvalue weighted by molar-refractivity contribution is 8.13. The first kappa shape index (κ1) is 83.0. The van der Waals surface area contributed by atoms with E-state index in [2.05, 4.69) is 13.8 Å². The molecule has 0 aromatic carbocycles. The van der Waals surface area contributed by atoms with Crippen LogP contribution in [0, 0.1) is 97.6 Å². The highest BCUT2D eigenvalue weighted by Gasteiger charge is 2.81. The maximum absolute atomic E-state index is 17.2. The van der Waals surface area contributed by atoms with E-state index in [1.54, 1.807) is 66.7 Å². The number of hydrogen-bond donors (Lipinski definition) is 3. The molecule has 1 heterocycles. The number of fused-ring (bicyclic) bond motifs is 17. The number of Topliss-reactive ketones (excluding diaryl/α,β-unsaturated/α-hetero) is 2. The quantitative estimate of drug-likeness (QED) is 0.0780. The summed E-state index contributed by atoms with van der Waals surface area (Å²) < 4.78 is 82.1. The molecule has 1 saturated heterocycles. The SMILES string of the molecule is CC(C)C(=O)OCC(=O)[C@@]12O[C@H](C3CCCCC3)O[C@@H]1CC1C3CCC4=CC(=O)C=C[C@]4(C)C3[C@@H](O)C[C@@]12C.CCC(=O)OCC(=O)[C@@]1(OC(=O)CC)[C@@H](C)CC2C3CCC4=CC(=O)C=C[C@]4(C)[C@@]3(Cl)[C@@H](O)C[C@@]21C.CCC(=O)O[C@]1(C(=O)SCF)[C@H](C)CC2C3C[C@H](F)C4=CC(=O)C=C[C@]4(C)[C@@]3(F)[C@@H](O)C[C@@]21C. The Morgan fingerprint density at radius 3 is 1.80 bits per heavy atom. The van der Waals surface area contributed by atoms with Gasteiger partial charge in [-0.25, -0.2) is 13.2 Å². The monoisotopic (exact) mass is 1560 g/mol. The second kappa shape index (κ2) is 29.8. The fourth-order valence-electron chi connectivity index (χ4n) is 25.3. The number of aliphatic hydroxyl groups is 3. The van der Waals surface area contributed by atoms with E-state index in [0.29, 0.717) is 43.9 Å². The Bertz CT molecular complexity index is 3920. The van der Waals surface area contributed by atoms with Crippen LogP contribution >= 0.6 is 23.4 Å². The van der Waals surface area contributed by atoms with Gasteiger partial charge in [0.2, 0.25) is 16.7 Å². The summed E-state index contributed by atoms with van der Waals surface area (Å²) in [5.74, 6) is -6.00. The minimum atomic E-state index is -2.30. The van der Waals surface area contributed by atoms with E-state index in [-0.39, 0.29) is 127 Å². The van der Waals surface area contributed by atoms with Gasteiger partial charge in [0.05, 0.1) is 35.2 Å². The summed E-state index contributed by atoms with van der Waals surface area (Å²) in [6.45, 7) is 22.5. The van der Waals surface area contributed by atoms with Gasteiger partial charge in [-0.15, -0.1) is 11.6 Å². The fraction of sp³-hybridized carbons (Fsp3) is 0.741. The third-order valence-corrected chi connectivity index (χ3v) is 32.2. The molecule has 10 saturated carbocycles. The Balaban J connectivity index is 0.000000153. The molecule has 24 heteroatoms. The van der Waals surface area contributed by atoms with Crippen molar-refractivity contribution in [3.05, 3.63) is 71.4 Å². The Labute approximate surface area is 647 Å². The first-order valence-corrected chi connectivity index (χ1v) is 41.3. The van der Waals surface area contributed by atoms with Gasteiger partial charge >= 0.3 is 23.9 Å². The molecular weight excluding hydrogens is 1450 g/mol. The predicted octanol–water partition coefficient (Wildman–Crippen LogP) is 13.2. The van der Waals surface area contributed by atoms with E-state index in [9.17, 15) is 67.7 Å². The molecule has 7 unspecified atom stereocenters. The number of rotatable bonds is 15. The van der Waals surface area contributed by atoms with Crippen LogP contribution in [0.4, 0.5) is 13.2 Å². The molecule has 109 heavy (non-hydrogen) atoms. The Hall–Kier alpha value is -5.43. The maximum Gasteiger partial charge on any atom is 0.308 e. The number of thioether (sulfide) groups is 1. The smallest absolute Gasteiger partial charge is 0.308 e. The van der Waals surface area contributed by atoms with Crippen molar-refractivity contribution in [1.82, 2.24) is 0 Å². The van der Waals surface area contributed by atoms with Crippen LogP contribution in [0.5, 0.6) is 0 Å². The summed E-state index contributed by atoms with van der Waals surface area (Å²) in [5.41, 5.74) is -10.3. The standard InChI is InChI=1S/C32H44O7.C28H37ClO7.C25H31F3O5S/c1-18(2)28(36)37-17-25(35)32-26(38-29(39-32)19-8-6-5-7-9-19)15-23-22-11-10-20-14-21(33)12-13-30(20,3)27(22)24(34)16-31(23,32)4;1-6-23(33)35-15-22(32)28(36-24(34)7-2)16(3)12-20-19-9-8-17-13-18(30)10-11-25(17,4)27(19,29)21(31)14-26(20,28)5;1-5-20(31)33-25(21(32)34-12-26)13(2)8-15-16-10-18(27)17-9-14(29)6-7-22(17,3)24(16,28)19(30)11-23(15,25)4/h12-14,18-19,22-24,26-27,29,34H,5-11,15-17H2,1-4H3;10-11,13,16,19-21,31H,6-9,12,14-15H2,1-5H3;6-7,9,13,15-16,18-19,30H,5,8,10-12H2,1-4H3/t22?,23?,24-,26+,27?,29+,30-,31-,32+;16-,19?,20?,21-,25-,26-,27-,28-;13-,15?,16?,18+,19+,22+,23+,24+,25+/m001/s1. The van der Waals surface area contributed by atoms with Crippen molar-refractivity contribution in [2.45, 2.75) is 276 Å². The highest BCUT2D eigenvalue weighted by Crippen LogP contribution is 2.76. The van der Waals surface area contributed by atoms with Gasteiger partial charge in [-0.05, 0) is 174 Å². The molecule has 3 N–H and O–H groups in total. The van der Waals surface area contributed by atoms with Crippen LogP contribution in [0.2, 0.25) is 0 Å². The maximum atomic E-state index is 17.2.